The van der Waals surface area contributed by atoms with E-state index >= 15 is 0 Å². The molecular formula is C20H29ClN2O3. The number of unbranched alkanes of at least 4 members (excludes halogenated alkanes) is 5. The van der Waals surface area contributed by atoms with Crippen LogP contribution in [-0.2, 0) is 4.74 Å². The second-order valence-electron chi connectivity index (χ2n) is 6.55. The first-order chi connectivity index (χ1) is 12.6. The minimum absolute atomic E-state index is 0.238. The molecule has 0 bridgehead atoms. The van der Waals surface area contributed by atoms with E-state index in [1.165, 1.54) is 19.3 Å². The zero-order valence-corrected chi connectivity index (χ0v) is 16.5. The average Bonchev–Trinajstić information content (AvgIpc) is 2.63. The molecule has 5 nitrogen and oxygen atoms in total. The van der Waals surface area contributed by atoms with Crippen molar-refractivity contribution in [2.75, 3.05) is 19.8 Å². The topological polar surface area (TPSA) is 64.2 Å². The van der Waals surface area contributed by atoms with Gasteiger partial charge >= 0.3 is 0 Å². The summed E-state index contributed by atoms with van der Waals surface area (Å²) < 4.78 is 11.4. The van der Waals surface area contributed by atoms with Crippen LogP contribution in [-0.4, -0.2) is 30.0 Å². The van der Waals surface area contributed by atoms with Gasteiger partial charge in [-0.1, -0.05) is 44.2 Å². The maximum absolute atomic E-state index is 11.8. The van der Waals surface area contributed by atoms with Crippen molar-refractivity contribution >= 4 is 22.4 Å². The Kier molecular flexibility index (Phi) is 8.92. The molecule has 2 aromatic rings. The lowest BCUT2D eigenvalue weighted by molar-refractivity contribution is 0.127. The molecule has 1 aromatic carbocycles. The minimum atomic E-state index is -0.238. The van der Waals surface area contributed by atoms with Crippen LogP contribution in [0.4, 0.5) is 0 Å². The first kappa shape index (κ1) is 20.7. The standard InChI is InChI=1S/C20H29ClN2O3/c1-3-4-10-25-11-8-6-5-7-9-12-26-19-14-16-15(2)22-23-20(24)17(16)13-18(19)21/h13-14H,3-12H2,1-2H3,(H,23,24). The number of aromatic amines is 1. The summed E-state index contributed by atoms with van der Waals surface area (Å²) in [6.07, 6.45) is 7.95. The van der Waals surface area contributed by atoms with Crippen molar-refractivity contribution in [1.29, 1.82) is 0 Å². The first-order valence-electron chi connectivity index (χ1n) is 9.52. The summed E-state index contributed by atoms with van der Waals surface area (Å²) in [7, 11) is 0. The van der Waals surface area contributed by atoms with Gasteiger partial charge in [0, 0.05) is 18.6 Å². The quantitative estimate of drug-likeness (QED) is 0.524. The lowest BCUT2D eigenvalue weighted by Gasteiger charge is -2.10. The van der Waals surface area contributed by atoms with Gasteiger partial charge in [0.2, 0.25) is 0 Å². The summed E-state index contributed by atoms with van der Waals surface area (Å²) in [5.41, 5.74) is 0.514. The molecule has 0 radical (unpaired) electrons. The number of aryl methyl sites for hydroxylation is 1. The summed E-state index contributed by atoms with van der Waals surface area (Å²) in [6.45, 7) is 6.40. The Morgan fingerprint density at radius 1 is 1.00 bits per heavy atom. The highest BCUT2D eigenvalue weighted by atomic mass is 35.5. The summed E-state index contributed by atoms with van der Waals surface area (Å²) in [6, 6.07) is 3.46. The van der Waals surface area contributed by atoms with Gasteiger partial charge < -0.3 is 9.47 Å². The molecule has 1 heterocycles. The van der Waals surface area contributed by atoms with Crippen LogP contribution in [0.2, 0.25) is 5.02 Å². The number of rotatable bonds is 12. The fraction of sp³-hybridized carbons (Fsp3) is 0.600. The number of aromatic nitrogens is 2. The van der Waals surface area contributed by atoms with Gasteiger partial charge in [0.05, 0.1) is 22.7 Å². The van der Waals surface area contributed by atoms with Crippen LogP contribution in [0.25, 0.3) is 10.8 Å². The number of hydrogen-bond donors (Lipinski definition) is 1. The van der Waals surface area contributed by atoms with Gasteiger partial charge in [0.1, 0.15) is 5.75 Å². The number of ether oxygens (including phenoxy) is 2. The van der Waals surface area contributed by atoms with Gasteiger partial charge in [-0.3, -0.25) is 4.79 Å². The molecule has 1 N–H and O–H groups in total. The molecule has 0 saturated carbocycles. The van der Waals surface area contributed by atoms with Crippen LogP contribution in [0.1, 0.15) is 57.6 Å². The highest BCUT2D eigenvalue weighted by Crippen LogP contribution is 2.29. The predicted molar refractivity (Wildman–Crippen MR) is 106 cm³/mol. The molecule has 0 aliphatic heterocycles. The van der Waals surface area contributed by atoms with Crippen molar-refractivity contribution in [2.45, 2.75) is 58.8 Å². The Balaban J connectivity index is 1.69. The Morgan fingerprint density at radius 3 is 2.46 bits per heavy atom. The zero-order valence-electron chi connectivity index (χ0n) is 15.8. The van der Waals surface area contributed by atoms with E-state index in [0.29, 0.717) is 22.8 Å². The maximum atomic E-state index is 11.8. The fourth-order valence-electron chi connectivity index (χ4n) is 2.77. The molecule has 144 valence electrons. The third-order valence-corrected chi connectivity index (χ3v) is 4.66. The molecule has 0 aliphatic rings. The predicted octanol–water partition coefficient (Wildman–Crippen LogP) is 5.03. The number of hydrogen-bond acceptors (Lipinski definition) is 4. The normalized spacial score (nSPS) is 11.2. The van der Waals surface area contributed by atoms with Gasteiger partial charge in [-0.25, -0.2) is 5.10 Å². The molecule has 1 aromatic heterocycles. The van der Waals surface area contributed by atoms with Crippen molar-refractivity contribution in [2.24, 2.45) is 0 Å². The van der Waals surface area contributed by atoms with Crippen molar-refractivity contribution in [3.05, 3.63) is 33.2 Å². The van der Waals surface area contributed by atoms with Gasteiger partial charge in [-0.15, -0.1) is 0 Å². The molecule has 0 aliphatic carbocycles. The fourth-order valence-corrected chi connectivity index (χ4v) is 2.99. The summed E-state index contributed by atoms with van der Waals surface area (Å²) in [5, 5.41) is 8.23. The molecule has 0 fully saturated rings. The number of nitrogens with one attached hydrogen (secondary N) is 1. The molecule has 6 heteroatoms. The van der Waals surface area contributed by atoms with Crippen LogP contribution in [0, 0.1) is 6.92 Å². The molecular weight excluding hydrogens is 352 g/mol. The van der Waals surface area contributed by atoms with E-state index in [4.69, 9.17) is 21.1 Å². The van der Waals surface area contributed by atoms with Crippen molar-refractivity contribution in [1.82, 2.24) is 10.2 Å². The van der Waals surface area contributed by atoms with Gasteiger partial charge in [-0.2, -0.15) is 5.10 Å². The van der Waals surface area contributed by atoms with Crippen LogP contribution in [0.5, 0.6) is 5.75 Å². The van der Waals surface area contributed by atoms with E-state index in [2.05, 4.69) is 17.1 Å². The number of halogens is 1. The van der Waals surface area contributed by atoms with Crippen LogP contribution < -0.4 is 10.3 Å². The lowest BCUT2D eigenvalue weighted by atomic mass is 10.1. The molecule has 0 atom stereocenters. The third kappa shape index (κ3) is 6.29. The van der Waals surface area contributed by atoms with Gasteiger partial charge in [0.15, 0.2) is 0 Å². The summed E-state index contributed by atoms with van der Waals surface area (Å²) in [4.78, 5) is 11.8. The Labute approximate surface area is 160 Å². The maximum Gasteiger partial charge on any atom is 0.272 e. The van der Waals surface area contributed by atoms with Gasteiger partial charge in [-0.05, 0) is 38.3 Å². The number of nitrogens with zero attached hydrogens (tertiary/aromatic N) is 1. The van der Waals surface area contributed by atoms with Crippen LogP contribution >= 0.6 is 11.6 Å². The largest absolute Gasteiger partial charge is 0.492 e. The Hall–Kier alpha value is -1.59. The van der Waals surface area contributed by atoms with E-state index in [-0.39, 0.29) is 5.56 Å². The Morgan fingerprint density at radius 2 is 1.69 bits per heavy atom. The van der Waals surface area contributed by atoms with Crippen molar-refractivity contribution < 1.29 is 9.47 Å². The zero-order chi connectivity index (χ0) is 18.8. The number of benzene rings is 1. The van der Waals surface area contributed by atoms with E-state index in [9.17, 15) is 4.79 Å². The average molecular weight is 381 g/mol. The highest BCUT2D eigenvalue weighted by Gasteiger charge is 2.09. The molecule has 26 heavy (non-hydrogen) atoms. The lowest BCUT2D eigenvalue weighted by Crippen LogP contribution is -2.10. The summed E-state index contributed by atoms with van der Waals surface area (Å²) in [5.74, 6) is 0.610. The summed E-state index contributed by atoms with van der Waals surface area (Å²) >= 11 is 6.25. The molecule has 0 amide bonds. The van der Waals surface area contributed by atoms with Crippen molar-refractivity contribution in [3.8, 4) is 5.75 Å². The van der Waals surface area contributed by atoms with Crippen LogP contribution in [0.15, 0.2) is 16.9 Å². The molecule has 0 spiro atoms. The van der Waals surface area contributed by atoms with Crippen molar-refractivity contribution in [3.63, 3.8) is 0 Å². The highest BCUT2D eigenvalue weighted by molar-refractivity contribution is 6.32. The number of fused-ring (bicyclic) bond motifs is 1. The number of H-pyrrole nitrogens is 1. The first-order valence-corrected chi connectivity index (χ1v) is 9.90. The monoisotopic (exact) mass is 380 g/mol. The Bertz CT molecular complexity index is 746. The SMILES string of the molecule is CCCCOCCCCCCCOc1cc2c(C)n[nH]c(=O)c2cc1Cl. The smallest absolute Gasteiger partial charge is 0.272 e. The van der Waals surface area contributed by atoms with E-state index in [0.717, 1.165) is 50.0 Å². The molecule has 0 unspecified atom stereocenters. The van der Waals surface area contributed by atoms with E-state index < -0.39 is 0 Å². The van der Waals surface area contributed by atoms with Crippen LogP contribution in [0.3, 0.4) is 0 Å². The second-order valence-corrected chi connectivity index (χ2v) is 6.96. The molecule has 0 saturated heterocycles. The third-order valence-electron chi connectivity index (χ3n) is 4.36. The van der Waals surface area contributed by atoms with Gasteiger partial charge in [0.25, 0.3) is 5.56 Å². The minimum Gasteiger partial charge on any atom is -0.492 e. The van der Waals surface area contributed by atoms with E-state index in [1.54, 1.807) is 6.07 Å². The molecule has 2 rings (SSSR count). The van der Waals surface area contributed by atoms with E-state index in [1.807, 2.05) is 13.0 Å². The second kappa shape index (κ2) is 11.2.